The second-order valence-electron chi connectivity index (χ2n) is 4.30. The summed E-state index contributed by atoms with van der Waals surface area (Å²) < 4.78 is 40.8. The summed E-state index contributed by atoms with van der Waals surface area (Å²) in [7, 11) is 1.77. The number of benzene rings is 1. The van der Waals surface area contributed by atoms with Gasteiger partial charge in [-0.05, 0) is 19.5 Å². The summed E-state index contributed by atoms with van der Waals surface area (Å²) in [5.41, 5.74) is 2.11. The quantitative estimate of drug-likeness (QED) is 0.850. The molecule has 0 aromatic heterocycles. The standard InChI is InChI=1S/C13H18F3NO/c1-10-3-5-11(6-4-10)12(7-17-2)8-18-9-13(14,15)16/h3-6,12,17H,7-9H2,1-2H3. The number of rotatable bonds is 6. The zero-order valence-corrected chi connectivity index (χ0v) is 10.6. The maximum absolute atomic E-state index is 12.0. The van der Waals surface area contributed by atoms with E-state index in [4.69, 9.17) is 4.74 Å². The number of halogens is 3. The fourth-order valence-electron chi connectivity index (χ4n) is 1.67. The lowest BCUT2D eigenvalue weighted by Crippen LogP contribution is -2.25. The summed E-state index contributed by atoms with van der Waals surface area (Å²) in [6, 6.07) is 7.74. The van der Waals surface area contributed by atoms with Gasteiger partial charge in [0.2, 0.25) is 0 Å². The molecule has 0 aliphatic carbocycles. The van der Waals surface area contributed by atoms with Crippen LogP contribution in [0.3, 0.4) is 0 Å². The predicted octanol–water partition coefficient (Wildman–Crippen LogP) is 2.88. The molecular formula is C13H18F3NO. The van der Waals surface area contributed by atoms with Gasteiger partial charge in [0, 0.05) is 12.5 Å². The summed E-state index contributed by atoms with van der Waals surface area (Å²) in [4.78, 5) is 0. The lowest BCUT2D eigenvalue weighted by molar-refractivity contribution is -0.174. The van der Waals surface area contributed by atoms with Gasteiger partial charge in [0.25, 0.3) is 0 Å². The molecule has 1 atom stereocenters. The molecule has 0 fully saturated rings. The van der Waals surface area contributed by atoms with E-state index < -0.39 is 12.8 Å². The van der Waals surface area contributed by atoms with Gasteiger partial charge in [-0.3, -0.25) is 0 Å². The number of hydrogen-bond donors (Lipinski definition) is 1. The molecule has 1 unspecified atom stereocenters. The van der Waals surface area contributed by atoms with Crippen LogP contribution in [0.4, 0.5) is 13.2 Å². The molecule has 1 N–H and O–H groups in total. The van der Waals surface area contributed by atoms with E-state index in [0.29, 0.717) is 6.54 Å². The van der Waals surface area contributed by atoms with E-state index in [1.165, 1.54) is 0 Å². The van der Waals surface area contributed by atoms with Crippen LogP contribution in [0.15, 0.2) is 24.3 Å². The first-order valence-electron chi connectivity index (χ1n) is 5.78. The number of alkyl halides is 3. The lowest BCUT2D eigenvalue weighted by Gasteiger charge is -2.18. The highest BCUT2D eigenvalue weighted by Crippen LogP contribution is 2.19. The van der Waals surface area contributed by atoms with Crippen LogP contribution >= 0.6 is 0 Å². The van der Waals surface area contributed by atoms with Crippen LogP contribution in [-0.2, 0) is 4.74 Å². The van der Waals surface area contributed by atoms with Crippen LogP contribution in [0.2, 0.25) is 0 Å². The molecular weight excluding hydrogens is 243 g/mol. The summed E-state index contributed by atoms with van der Waals surface area (Å²) in [6.45, 7) is 1.42. The van der Waals surface area contributed by atoms with Crippen molar-refractivity contribution in [3.63, 3.8) is 0 Å². The zero-order chi connectivity index (χ0) is 13.6. The molecule has 5 heteroatoms. The Morgan fingerprint density at radius 3 is 2.33 bits per heavy atom. The Hall–Kier alpha value is -1.07. The molecule has 18 heavy (non-hydrogen) atoms. The summed E-state index contributed by atoms with van der Waals surface area (Å²) in [5, 5.41) is 2.97. The molecule has 0 aliphatic heterocycles. The van der Waals surface area contributed by atoms with Gasteiger partial charge in [-0.2, -0.15) is 13.2 Å². The molecule has 0 saturated heterocycles. The molecule has 0 radical (unpaired) electrons. The molecule has 1 aromatic carbocycles. The third-order valence-electron chi connectivity index (χ3n) is 2.58. The van der Waals surface area contributed by atoms with E-state index in [9.17, 15) is 13.2 Å². The Balaban J connectivity index is 2.57. The number of nitrogens with one attached hydrogen (secondary N) is 1. The van der Waals surface area contributed by atoms with Crippen molar-refractivity contribution in [2.45, 2.75) is 19.0 Å². The van der Waals surface area contributed by atoms with E-state index in [0.717, 1.165) is 11.1 Å². The van der Waals surface area contributed by atoms with Crippen molar-refractivity contribution in [1.29, 1.82) is 0 Å². The van der Waals surface area contributed by atoms with Crippen LogP contribution in [0.1, 0.15) is 17.0 Å². The van der Waals surface area contributed by atoms with Crippen molar-refractivity contribution >= 4 is 0 Å². The average Bonchev–Trinajstić information content (AvgIpc) is 2.27. The van der Waals surface area contributed by atoms with Gasteiger partial charge in [0.05, 0.1) is 6.61 Å². The minimum Gasteiger partial charge on any atom is -0.371 e. The molecule has 0 amide bonds. The largest absolute Gasteiger partial charge is 0.411 e. The van der Waals surface area contributed by atoms with Crippen LogP contribution in [-0.4, -0.2) is 33.0 Å². The second kappa shape index (κ2) is 6.75. The van der Waals surface area contributed by atoms with E-state index >= 15 is 0 Å². The van der Waals surface area contributed by atoms with Crippen molar-refractivity contribution in [1.82, 2.24) is 5.32 Å². The van der Waals surface area contributed by atoms with E-state index in [2.05, 4.69) is 5.32 Å². The van der Waals surface area contributed by atoms with Crippen LogP contribution in [0, 0.1) is 6.92 Å². The third-order valence-corrected chi connectivity index (χ3v) is 2.58. The normalized spacial score (nSPS) is 13.6. The predicted molar refractivity (Wildman–Crippen MR) is 64.7 cm³/mol. The topological polar surface area (TPSA) is 21.3 Å². The second-order valence-corrected chi connectivity index (χ2v) is 4.30. The van der Waals surface area contributed by atoms with Crippen molar-refractivity contribution in [2.75, 3.05) is 26.8 Å². The van der Waals surface area contributed by atoms with Crippen molar-refractivity contribution < 1.29 is 17.9 Å². The Morgan fingerprint density at radius 1 is 1.22 bits per heavy atom. The Labute approximate surface area is 105 Å². The Morgan fingerprint density at radius 2 is 1.83 bits per heavy atom. The van der Waals surface area contributed by atoms with Gasteiger partial charge in [0.1, 0.15) is 6.61 Å². The molecule has 0 spiro atoms. The minimum atomic E-state index is -4.27. The first kappa shape index (κ1) is 15.0. The number of likely N-dealkylation sites (N-methyl/N-ethyl adjacent to an activating group) is 1. The van der Waals surface area contributed by atoms with Crippen LogP contribution in [0.25, 0.3) is 0 Å². The van der Waals surface area contributed by atoms with Gasteiger partial charge < -0.3 is 10.1 Å². The Kier molecular flexibility index (Phi) is 5.62. The lowest BCUT2D eigenvalue weighted by atomic mass is 9.99. The molecule has 0 bridgehead atoms. The van der Waals surface area contributed by atoms with E-state index in [1.54, 1.807) is 7.05 Å². The molecule has 0 saturated carbocycles. The zero-order valence-electron chi connectivity index (χ0n) is 10.6. The Bertz CT molecular complexity index is 348. The van der Waals surface area contributed by atoms with Crippen LogP contribution < -0.4 is 5.32 Å². The number of ether oxygens (including phenoxy) is 1. The van der Waals surface area contributed by atoms with Gasteiger partial charge >= 0.3 is 6.18 Å². The highest BCUT2D eigenvalue weighted by Gasteiger charge is 2.28. The van der Waals surface area contributed by atoms with Gasteiger partial charge in [-0.1, -0.05) is 29.8 Å². The maximum Gasteiger partial charge on any atom is 0.411 e. The van der Waals surface area contributed by atoms with E-state index in [-0.39, 0.29) is 12.5 Å². The smallest absolute Gasteiger partial charge is 0.371 e. The number of hydrogen-bond acceptors (Lipinski definition) is 2. The van der Waals surface area contributed by atoms with Crippen LogP contribution in [0.5, 0.6) is 0 Å². The first-order chi connectivity index (χ1) is 8.42. The fraction of sp³-hybridized carbons (Fsp3) is 0.538. The van der Waals surface area contributed by atoms with Crippen molar-refractivity contribution in [2.24, 2.45) is 0 Å². The van der Waals surface area contributed by atoms with Gasteiger partial charge in [0.15, 0.2) is 0 Å². The third kappa shape index (κ3) is 5.51. The summed E-state index contributed by atoms with van der Waals surface area (Å²) in [6.07, 6.45) is -4.27. The first-order valence-corrected chi connectivity index (χ1v) is 5.78. The number of aryl methyl sites for hydroxylation is 1. The SMILES string of the molecule is CNCC(COCC(F)(F)F)c1ccc(C)cc1. The van der Waals surface area contributed by atoms with Gasteiger partial charge in [-0.25, -0.2) is 0 Å². The molecule has 102 valence electrons. The molecule has 1 rings (SSSR count). The van der Waals surface area contributed by atoms with Gasteiger partial charge in [-0.15, -0.1) is 0 Å². The molecule has 1 aromatic rings. The highest BCUT2D eigenvalue weighted by molar-refractivity contribution is 5.24. The molecule has 0 heterocycles. The monoisotopic (exact) mass is 261 g/mol. The minimum absolute atomic E-state index is 0.0589. The summed E-state index contributed by atoms with van der Waals surface area (Å²) in [5.74, 6) is -0.0713. The van der Waals surface area contributed by atoms with Crippen molar-refractivity contribution in [3.8, 4) is 0 Å². The fourth-order valence-corrected chi connectivity index (χ4v) is 1.67. The van der Waals surface area contributed by atoms with E-state index in [1.807, 2.05) is 31.2 Å². The maximum atomic E-state index is 12.0. The summed E-state index contributed by atoms with van der Waals surface area (Å²) >= 11 is 0. The average molecular weight is 261 g/mol. The molecule has 2 nitrogen and oxygen atoms in total. The molecule has 0 aliphatic rings. The van der Waals surface area contributed by atoms with Crippen molar-refractivity contribution in [3.05, 3.63) is 35.4 Å². The highest BCUT2D eigenvalue weighted by atomic mass is 19.4.